The molecule has 0 fully saturated rings. The van der Waals surface area contributed by atoms with E-state index in [0.29, 0.717) is 18.0 Å². The number of nitrogens with two attached hydrogens (primary N) is 1. The predicted octanol–water partition coefficient (Wildman–Crippen LogP) is 4.10. The number of urea groups is 1. The summed E-state index contributed by atoms with van der Waals surface area (Å²) in [6.45, 7) is 0.337. The molecule has 0 spiro atoms. The largest absolute Gasteiger partial charge is 0.457 e. The van der Waals surface area contributed by atoms with E-state index in [9.17, 15) is 14.0 Å². The molecule has 3 aromatic rings. The van der Waals surface area contributed by atoms with Crippen molar-refractivity contribution in [2.75, 3.05) is 0 Å². The molecular weight excluding hydrogens is 393 g/mol. The number of hydrogen-bond donors (Lipinski definition) is 3. The van der Waals surface area contributed by atoms with Gasteiger partial charge in [-0.3, -0.25) is 4.79 Å². The fraction of sp³-hybridized carbons (Fsp3) is 0.143. The zero-order valence-electron chi connectivity index (χ0n) is 15.4. The number of amides is 3. The molecule has 8 heteroatoms. The van der Waals surface area contributed by atoms with Gasteiger partial charge in [0.15, 0.2) is 0 Å². The monoisotopic (exact) mass is 413 g/mol. The van der Waals surface area contributed by atoms with Gasteiger partial charge in [0.25, 0.3) is 0 Å². The Bertz CT molecular complexity index is 944. The Morgan fingerprint density at radius 2 is 1.69 bits per heavy atom. The first-order valence-corrected chi connectivity index (χ1v) is 9.76. The van der Waals surface area contributed by atoms with Crippen molar-refractivity contribution in [3.63, 3.8) is 0 Å². The number of halogens is 1. The number of hydrogen-bond acceptors (Lipinski definition) is 4. The first-order chi connectivity index (χ1) is 14.0. The summed E-state index contributed by atoms with van der Waals surface area (Å²) < 4.78 is 18.6. The summed E-state index contributed by atoms with van der Waals surface area (Å²) in [6, 6.07) is 15.5. The molecule has 3 amide bonds. The summed E-state index contributed by atoms with van der Waals surface area (Å²) in [5, 5.41) is 7.30. The molecular formula is C21H20FN3O3S. The van der Waals surface area contributed by atoms with E-state index in [1.54, 1.807) is 24.3 Å². The molecule has 0 aliphatic rings. The molecule has 150 valence electrons. The summed E-state index contributed by atoms with van der Waals surface area (Å²) >= 11 is 1.45. The van der Waals surface area contributed by atoms with Crippen LogP contribution in [0.5, 0.6) is 11.5 Å². The van der Waals surface area contributed by atoms with Gasteiger partial charge in [0.05, 0.1) is 12.5 Å². The maximum atomic E-state index is 12.9. The second-order valence-electron chi connectivity index (χ2n) is 6.26. The average Bonchev–Trinajstić information content (AvgIpc) is 3.23. The van der Waals surface area contributed by atoms with Gasteiger partial charge in [-0.05, 0) is 53.4 Å². The van der Waals surface area contributed by atoms with E-state index < -0.39 is 12.1 Å². The topological polar surface area (TPSA) is 93.5 Å². The molecule has 29 heavy (non-hydrogen) atoms. The lowest BCUT2D eigenvalue weighted by molar-refractivity contribution is -0.121. The Balaban J connectivity index is 1.51. The van der Waals surface area contributed by atoms with Crippen LogP contribution in [0.2, 0.25) is 0 Å². The van der Waals surface area contributed by atoms with E-state index in [1.165, 1.54) is 23.5 Å². The first-order valence-electron chi connectivity index (χ1n) is 8.88. The van der Waals surface area contributed by atoms with Crippen LogP contribution >= 0.6 is 11.3 Å². The van der Waals surface area contributed by atoms with Crippen LogP contribution in [0.4, 0.5) is 9.18 Å². The highest BCUT2D eigenvalue weighted by Gasteiger charge is 2.18. The number of benzene rings is 2. The Morgan fingerprint density at radius 3 is 2.28 bits per heavy atom. The van der Waals surface area contributed by atoms with Crippen LogP contribution < -0.4 is 21.1 Å². The van der Waals surface area contributed by atoms with Crippen LogP contribution in [0.25, 0.3) is 0 Å². The van der Waals surface area contributed by atoms with Gasteiger partial charge in [0.2, 0.25) is 5.91 Å². The van der Waals surface area contributed by atoms with Crippen molar-refractivity contribution in [3.8, 4) is 11.5 Å². The predicted molar refractivity (Wildman–Crippen MR) is 109 cm³/mol. The SMILES string of the molecule is NC(=O)N[C@@H](CC(=O)NCc1ccc(Oc2ccc(F)cc2)cc1)c1cccs1. The molecule has 0 aliphatic heterocycles. The van der Waals surface area contributed by atoms with Crippen molar-refractivity contribution in [1.29, 1.82) is 0 Å². The molecule has 1 atom stereocenters. The number of nitrogens with one attached hydrogen (secondary N) is 2. The van der Waals surface area contributed by atoms with Crippen LogP contribution in [0.3, 0.4) is 0 Å². The molecule has 2 aromatic carbocycles. The molecule has 0 unspecified atom stereocenters. The molecule has 0 bridgehead atoms. The normalized spacial score (nSPS) is 11.5. The third kappa shape index (κ3) is 6.32. The number of carbonyl (C=O) groups is 2. The second-order valence-corrected chi connectivity index (χ2v) is 7.24. The fourth-order valence-corrected chi connectivity index (χ4v) is 3.43. The van der Waals surface area contributed by atoms with Crippen LogP contribution in [0.1, 0.15) is 22.9 Å². The quantitative estimate of drug-likeness (QED) is 0.519. The third-order valence-electron chi connectivity index (χ3n) is 4.06. The summed E-state index contributed by atoms with van der Waals surface area (Å²) in [7, 11) is 0. The molecule has 6 nitrogen and oxygen atoms in total. The van der Waals surface area contributed by atoms with Crippen molar-refractivity contribution < 1.29 is 18.7 Å². The Morgan fingerprint density at radius 1 is 1.03 bits per heavy atom. The smallest absolute Gasteiger partial charge is 0.312 e. The summed E-state index contributed by atoms with van der Waals surface area (Å²) in [5.74, 6) is 0.615. The van der Waals surface area contributed by atoms with E-state index in [0.717, 1.165) is 10.4 Å². The Kier molecular flexibility index (Phi) is 6.80. The molecule has 0 saturated carbocycles. The minimum atomic E-state index is -0.673. The molecule has 1 aromatic heterocycles. The highest BCUT2D eigenvalue weighted by Crippen LogP contribution is 2.23. The summed E-state index contributed by atoms with van der Waals surface area (Å²) in [4.78, 5) is 24.3. The van der Waals surface area contributed by atoms with E-state index in [1.807, 2.05) is 29.6 Å². The minimum absolute atomic E-state index is 0.0925. The van der Waals surface area contributed by atoms with Gasteiger partial charge < -0.3 is 21.1 Å². The zero-order chi connectivity index (χ0) is 20.6. The van der Waals surface area contributed by atoms with E-state index in [-0.39, 0.29) is 18.1 Å². The number of rotatable bonds is 8. The Hall–Kier alpha value is -3.39. The van der Waals surface area contributed by atoms with E-state index in [4.69, 9.17) is 10.5 Å². The summed E-state index contributed by atoms with van der Waals surface area (Å²) in [6.07, 6.45) is 0.0925. The van der Waals surface area contributed by atoms with Gasteiger partial charge in [0.1, 0.15) is 17.3 Å². The van der Waals surface area contributed by atoms with Crippen molar-refractivity contribution >= 4 is 23.3 Å². The average molecular weight is 413 g/mol. The number of primary amides is 1. The van der Waals surface area contributed by atoms with Crippen LogP contribution in [-0.2, 0) is 11.3 Å². The maximum absolute atomic E-state index is 12.9. The molecule has 0 aliphatic carbocycles. The third-order valence-corrected chi connectivity index (χ3v) is 5.04. The molecule has 0 radical (unpaired) electrons. The van der Waals surface area contributed by atoms with Gasteiger partial charge in [-0.2, -0.15) is 0 Å². The first kappa shape index (κ1) is 20.3. The van der Waals surface area contributed by atoms with Gasteiger partial charge in [0, 0.05) is 11.4 Å². The van der Waals surface area contributed by atoms with E-state index >= 15 is 0 Å². The van der Waals surface area contributed by atoms with Gasteiger partial charge in [-0.1, -0.05) is 18.2 Å². The van der Waals surface area contributed by atoms with Gasteiger partial charge in [-0.15, -0.1) is 11.3 Å². The van der Waals surface area contributed by atoms with Crippen LogP contribution in [0.15, 0.2) is 66.0 Å². The van der Waals surface area contributed by atoms with Crippen molar-refractivity contribution in [2.45, 2.75) is 19.0 Å². The highest BCUT2D eigenvalue weighted by molar-refractivity contribution is 7.10. The van der Waals surface area contributed by atoms with Crippen LogP contribution in [0, 0.1) is 5.82 Å². The maximum Gasteiger partial charge on any atom is 0.312 e. The van der Waals surface area contributed by atoms with Crippen molar-refractivity contribution in [3.05, 3.63) is 82.3 Å². The number of ether oxygens (including phenoxy) is 1. The highest BCUT2D eigenvalue weighted by atomic mass is 32.1. The molecule has 1 heterocycles. The van der Waals surface area contributed by atoms with Gasteiger partial charge >= 0.3 is 6.03 Å². The molecule has 0 saturated heterocycles. The van der Waals surface area contributed by atoms with Crippen molar-refractivity contribution in [2.24, 2.45) is 5.73 Å². The standard InChI is InChI=1S/C21H20FN3O3S/c22-15-5-9-17(10-6-15)28-16-7-3-14(4-8-16)13-24-20(26)12-18(25-21(23)27)19-2-1-11-29-19/h1-11,18H,12-13H2,(H,24,26)(H3,23,25,27)/t18-/m0/s1. The Labute approximate surface area is 171 Å². The number of thiophene rings is 1. The minimum Gasteiger partial charge on any atom is -0.457 e. The lowest BCUT2D eigenvalue weighted by atomic mass is 10.1. The zero-order valence-corrected chi connectivity index (χ0v) is 16.2. The number of carbonyl (C=O) groups excluding carboxylic acids is 2. The van der Waals surface area contributed by atoms with E-state index in [2.05, 4.69) is 10.6 Å². The molecule has 3 rings (SSSR count). The van der Waals surface area contributed by atoms with Gasteiger partial charge in [-0.25, -0.2) is 9.18 Å². The fourth-order valence-electron chi connectivity index (χ4n) is 2.66. The van der Waals surface area contributed by atoms with Crippen LogP contribution in [-0.4, -0.2) is 11.9 Å². The van der Waals surface area contributed by atoms with Crippen molar-refractivity contribution in [1.82, 2.24) is 10.6 Å². The second kappa shape index (κ2) is 9.70. The molecule has 4 N–H and O–H groups in total. The lowest BCUT2D eigenvalue weighted by Crippen LogP contribution is -2.36. The lowest BCUT2D eigenvalue weighted by Gasteiger charge is -2.16. The summed E-state index contributed by atoms with van der Waals surface area (Å²) in [5.41, 5.74) is 6.10.